The maximum absolute atomic E-state index is 12.0. The molecule has 0 bridgehead atoms. The first-order valence-electron chi connectivity index (χ1n) is 5.73. The highest BCUT2D eigenvalue weighted by molar-refractivity contribution is 5.96. The van der Waals surface area contributed by atoms with Gasteiger partial charge < -0.3 is 15.8 Å². The average molecular weight is 262 g/mol. The lowest BCUT2D eigenvalue weighted by atomic mass is 10.2. The van der Waals surface area contributed by atoms with Crippen molar-refractivity contribution < 1.29 is 14.7 Å². The average Bonchev–Trinajstić information content (AvgIpc) is 2.72. The highest BCUT2D eigenvalue weighted by atomic mass is 16.4. The molecule has 19 heavy (non-hydrogen) atoms. The molecule has 0 atom stereocenters. The molecule has 2 rings (SSSR count). The van der Waals surface area contributed by atoms with Crippen molar-refractivity contribution >= 4 is 23.9 Å². The summed E-state index contributed by atoms with van der Waals surface area (Å²) < 4.78 is 0. The number of hydrazone groups is 1. The summed E-state index contributed by atoms with van der Waals surface area (Å²) in [4.78, 5) is 25.5. The second kappa shape index (κ2) is 5.38. The number of urea groups is 1. The van der Waals surface area contributed by atoms with Crippen LogP contribution >= 0.6 is 0 Å². The molecule has 1 aliphatic heterocycles. The number of carboxylic acid groups (broad SMARTS) is 1. The third kappa shape index (κ3) is 2.82. The Hall–Kier alpha value is -2.57. The lowest BCUT2D eigenvalue weighted by Gasteiger charge is -2.17. The molecule has 0 unspecified atom stereocenters. The van der Waals surface area contributed by atoms with Crippen LogP contribution in [0.2, 0.25) is 0 Å². The van der Waals surface area contributed by atoms with Crippen molar-refractivity contribution in [3.05, 3.63) is 29.8 Å². The normalized spacial score (nSPS) is 15.5. The van der Waals surface area contributed by atoms with Gasteiger partial charge in [-0.25, -0.2) is 4.79 Å². The number of amides is 2. The van der Waals surface area contributed by atoms with Gasteiger partial charge in [0.25, 0.3) is 0 Å². The molecule has 2 amide bonds. The summed E-state index contributed by atoms with van der Waals surface area (Å²) in [6.07, 6.45) is 1.51. The van der Waals surface area contributed by atoms with E-state index in [0.29, 0.717) is 13.1 Å². The first-order valence-corrected chi connectivity index (χ1v) is 5.73. The summed E-state index contributed by atoms with van der Waals surface area (Å²) in [6.45, 7) is 0.626. The third-order valence-electron chi connectivity index (χ3n) is 2.85. The molecule has 1 aromatic carbocycles. The fourth-order valence-corrected chi connectivity index (χ4v) is 1.96. The lowest BCUT2D eigenvalue weighted by Crippen LogP contribution is -2.35. The molecule has 7 heteroatoms. The maximum Gasteiger partial charge on any atom is 0.325 e. The molecular weight excluding hydrogens is 248 g/mol. The van der Waals surface area contributed by atoms with E-state index in [-0.39, 0.29) is 12.6 Å². The second-order valence-electron chi connectivity index (χ2n) is 4.12. The standard InChI is InChI=1S/C12H14N4O3/c13-14-7-9-1-3-10(4-2-9)16-6-5-15(12(16)19)8-11(17)18/h1-4,7H,5-6,8,13H2,(H,17,18)/b14-7+. The minimum Gasteiger partial charge on any atom is -0.480 e. The number of carbonyl (C=O) groups excluding carboxylic acids is 1. The van der Waals surface area contributed by atoms with Crippen LogP contribution in [0.1, 0.15) is 5.56 Å². The number of anilines is 1. The smallest absolute Gasteiger partial charge is 0.325 e. The van der Waals surface area contributed by atoms with Gasteiger partial charge in [0, 0.05) is 18.8 Å². The van der Waals surface area contributed by atoms with Crippen LogP contribution in [0.5, 0.6) is 0 Å². The lowest BCUT2D eigenvalue weighted by molar-refractivity contribution is -0.137. The van der Waals surface area contributed by atoms with Crippen LogP contribution in [-0.4, -0.2) is 47.9 Å². The monoisotopic (exact) mass is 262 g/mol. The van der Waals surface area contributed by atoms with E-state index in [2.05, 4.69) is 5.10 Å². The zero-order valence-electron chi connectivity index (χ0n) is 10.2. The van der Waals surface area contributed by atoms with Crippen molar-refractivity contribution in [3.63, 3.8) is 0 Å². The molecule has 0 saturated carbocycles. The molecule has 0 aromatic heterocycles. The highest BCUT2D eigenvalue weighted by Gasteiger charge is 2.30. The number of hydrogen-bond acceptors (Lipinski definition) is 4. The van der Waals surface area contributed by atoms with E-state index in [9.17, 15) is 9.59 Å². The fraction of sp³-hybridized carbons (Fsp3) is 0.250. The van der Waals surface area contributed by atoms with Gasteiger partial charge in [-0.2, -0.15) is 5.10 Å². The number of carboxylic acids is 1. The van der Waals surface area contributed by atoms with Crippen LogP contribution in [0.3, 0.4) is 0 Å². The van der Waals surface area contributed by atoms with Gasteiger partial charge in [-0.3, -0.25) is 9.69 Å². The van der Waals surface area contributed by atoms with Gasteiger partial charge in [-0.1, -0.05) is 12.1 Å². The molecule has 1 fully saturated rings. The predicted octanol–water partition coefficient (Wildman–Crippen LogP) is 0.306. The summed E-state index contributed by atoms with van der Waals surface area (Å²) in [5.41, 5.74) is 1.56. The van der Waals surface area contributed by atoms with Gasteiger partial charge in [-0.15, -0.1) is 0 Å². The topological polar surface area (TPSA) is 99.2 Å². The van der Waals surface area contributed by atoms with E-state index in [4.69, 9.17) is 10.9 Å². The van der Waals surface area contributed by atoms with Gasteiger partial charge in [0.1, 0.15) is 6.54 Å². The minimum atomic E-state index is -1.01. The summed E-state index contributed by atoms with van der Waals surface area (Å²) in [5.74, 6) is 4.04. The zero-order valence-corrected chi connectivity index (χ0v) is 10.2. The Morgan fingerprint density at radius 1 is 1.37 bits per heavy atom. The fourth-order valence-electron chi connectivity index (χ4n) is 1.96. The second-order valence-corrected chi connectivity index (χ2v) is 4.12. The Morgan fingerprint density at radius 2 is 2.05 bits per heavy atom. The highest BCUT2D eigenvalue weighted by Crippen LogP contribution is 2.20. The first kappa shape index (κ1) is 12.9. The Labute approximate surface area is 109 Å². The van der Waals surface area contributed by atoms with Crippen LogP contribution in [0.15, 0.2) is 29.4 Å². The predicted molar refractivity (Wildman–Crippen MR) is 70.2 cm³/mol. The van der Waals surface area contributed by atoms with E-state index < -0.39 is 5.97 Å². The Bertz CT molecular complexity index is 512. The molecule has 0 radical (unpaired) electrons. The molecule has 100 valence electrons. The van der Waals surface area contributed by atoms with Crippen LogP contribution in [0.4, 0.5) is 10.5 Å². The molecule has 1 aliphatic rings. The third-order valence-corrected chi connectivity index (χ3v) is 2.85. The Kier molecular flexibility index (Phi) is 3.65. The summed E-state index contributed by atoms with van der Waals surface area (Å²) in [6, 6.07) is 6.85. The molecule has 7 nitrogen and oxygen atoms in total. The van der Waals surface area contributed by atoms with Gasteiger partial charge >= 0.3 is 12.0 Å². The Morgan fingerprint density at radius 3 is 2.63 bits per heavy atom. The summed E-state index contributed by atoms with van der Waals surface area (Å²) in [5, 5.41) is 12.1. The SMILES string of the molecule is N/N=C/c1ccc(N2CCN(CC(=O)O)C2=O)cc1. The van der Waals surface area contributed by atoms with Crippen molar-refractivity contribution in [3.8, 4) is 0 Å². The molecule has 0 spiro atoms. The van der Waals surface area contributed by atoms with Gasteiger partial charge in [0.15, 0.2) is 0 Å². The van der Waals surface area contributed by atoms with E-state index >= 15 is 0 Å². The summed E-state index contributed by atoms with van der Waals surface area (Å²) >= 11 is 0. The largest absolute Gasteiger partial charge is 0.480 e. The molecule has 0 aliphatic carbocycles. The van der Waals surface area contributed by atoms with Crippen molar-refractivity contribution in [1.29, 1.82) is 0 Å². The number of rotatable bonds is 4. The van der Waals surface area contributed by atoms with E-state index in [1.165, 1.54) is 11.1 Å². The van der Waals surface area contributed by atoms with E-state index in [1.807, 2.05) is 0 Å². The quantitative estimate of drug-likeness (QED) is 0.463. The minimum absolute atomic E-state index is 0.271. The van der Waals surface area contributed by atoms with Crippen molar-refractivity contribution in [2.75, 3.05) is 24.5 Å². The summed E-state index contributed by atoms with van der Waals surface area (Å²) in [7, 11) is 0. The van der Waals surface area contributed by atoms with Crippen LogP contribution in [-0.2, 0) is 4.79 Å². The zero-order chi connectivity index (χ0) is 13.8. The van der Waals surface area contributed by atoms with Crippen molar-refractivity contribution in [1.82, 2.24) is 4.90 Å². The number of carbonyl (C=O) groups is 2. The number of nitrogens with zero attached hydrogens (tertiary/aromatic N) is 3. The number of hydrogen-bond donors (Lipinski definition) is 2. The molecular formula is C12H14N4O3. The maximum atomic E-state index is 12.0. The van der Waals surface area contributed by atoms with E-state index in [1.54, 1.807) is 29.2 Å². The van der Waals surface area contributed by atoms with Crippen LogP contribution < -0.4 is 10.7 Å². The van der Waals surface area contributed by atoms with Gasteiger partial charge in [-0.05, 0) is 17.7 Å². The Balaban J connectivity index is 2.10. The van der Waals surface area contributed by atoms with Gasteiger partial charge in [0.2, 0.25) is 0 Å². The number of benzene rings is 1. The molecule has 3 N–H and O–H groups in total. The van der Waals surface area contributed by atoms with Crippen LogP contribution in [0.25, 0.3) is 0 Å². The molecule has 1 aromatic rings. The first-order chi connectivity index (χ1) is 9.11. The van der Waals surface area contributed by atoms with Crippen LogP contribution in [0, 0.1) is 0 Å². The van der Waals surface area contributed by atoms with Crippen molar-refractivity contribution in [2.24, 2.45) is 10.9 Å². The molecule has 1 heterocycles. The van der Waals surface area contributed by atoms with E-state index in [0.717, 1.165) is 11.3 Å². The van der Waals surface area contributed by atoms with Gasteiger partial charge in [0.05, 0.1) is 6.21 Å². The number of nitrogens with two attached hydrogens (primary N) is 1. The van der Waals surface area contributed by atoms with Crippen molar-refractivity contribution in [2.45, 2.75) is 0 Å². The number of aliphatic carboxylic acids is 1. The molecule has 1 saturated heterocycles.